The zero-order chi connectivity index (χ0) is 25.3. The van der Waals surface area contributed by atoms with Gasteiger partial charge in [-0.3, -0.25) is 14.4 Å². The highest BCUT2D eigenvalue weighted by Gasteiger charge is 2.31. The van der Waals surface area contributed by atoms with Gasteiger partial charge in [0.2, 0.25) is 17.7 Å². The first-order valence-electron chi connectivity index (χ1n) is 10.2. The number of carbonyl (C=O) groups is 4. The maximum atomic E-state index is 12.9. The third-order valence-corrected chi connectivity index (χ3v) is 4.84. The van der Waals surface area contributed by atoms with Crippen LogP contribution in [0.5, 0.6) is 0 Å². The number of carbonyl (C=O) groups excluding carboxylic acids is 3. The van der Waals surface area contributed by atoms with Gasteiger partial charge in [0.15, 0.2) is 0 Å². The van der Waals surface area contributed by atoms with E-state index in [9.17, 15) is 34.5 Å². The molecular weight excluding hydrogens is 452 g/mol. The van der Waals surface area contributed by atoms with Gasteiger partial charge in [0.25, 0.3) is 0 Å². The van der Waals surface area contributed by atoms with Gasteiger partial charge in [0.05, 0.1) is 25.4 Å². The van der Waals surface area contributed by atoms with Crippen LogP contribution in [0.25, 0.3) is 0 Å². The number of H-pyrrole nitrogens is 2. The first-order chi connectivity index (χ1) is 16.1. The lowest BCUT2D eigenvalue weighted by Crippen LogP contribution is -2.59. The Labute approximate surface area is 193 Å². The normalized spacial score (nSPS) is 15.4. The SMILES string of the molecule is CC(O)C(N)C(=O)NC(Cc1cnc[nH]1)C(=O)NC(CO)C(=O)NC(Cc1cnc[nH]1)C(=O)O. The second-order valence-electron chi connectivity index (χ2n) is 7.53. The first kappa shape index (κ1) is 26.4. The second kappa shape index (κ2) is 12.4. The lowest BCUT2D eigenvalue weighted by atomic mass is 10.1. The van der Waals surface area contributed by atoms with Crippen molar-refractivity contribution >= 4 is 23.7 Å². The summed E-state index contributed by atoms with van der Waals surface area (Å²) in [4.78, 5) is 62.4. The minimum Gasteiger partial charge on any atom is -0.480 e. The van der Waals surface area contributed by atoms with Crippen LogP contribution in [0, 0.1) is 0 Å². The van der Waals surface area contributed by atoms with Gasteiger partial charge in [0, 0.05) is 36.6 Å². The Balaban J connectivity index is 2.09. The Morgan fingerprint density at radius 3 is 1.82 bits per heavy atom. The van der Waals surface area contributed by atoms with E-state index >= 15 is 0 Å². The fourth-order valence-electron chi connectivity index (χ4n) is 2.87. The lowest BCUT2D eigenvalue weighted by Gasteiger charge is -2.24. The molecule has 186 valence electrons. The third kappa shape index (κ3) is 7.65. The number of hydrogen-bond donors (Lipinski definition) is 9. The van der Waals surface area contributed by atoms with Crippen molar-refractivity contribution in [2.24, 2.45) is 5.73 Å². The van der Waals surface area contributed by atoms with Crippen LogP contribution >= 0.6 is 0 Å². The molecule has 0 radical (unpaired) electrons. The Bertz CT molecular complexity index is 948. The number of carboxylic acid groups (broad SMARTS) is 1. The molecule has 15 heteroatoms. The van der Waals surface area contributed by atoms with Crippen molar-refractivity contribution in [3.63, 3.8) is 0 Å². The van der Waals surface area contributed by atoms with Crippen LogP contribution in [0.2, 0.25) is 0 Å². The van der Waals surface area contributed by atoms with Crippen LogP contribution in [0.1, 0.15) is 18.3 Å². The molecule has 5 unspecified atom stereocenters. The highest BCUT2D eigenvalue weighted by Crippen LogP contribution is 2.03. The van der Waals surface area contributed by atoms with Gasteiger partial charge in [-0.1, -0.05) is 0 Å². The molecule has 2 heterocycles. The van der Waals surface area contributed by atoms with Gasteiger partial charge >= 0.3 is 5.97 Å². The summed E-state index contributed by atoms with van der Waals surface area (Å²) in [5, 5.41) is 35.5. The minimum absolute atomic E-state index is 0.0680. The molecule has 0 fully saturated rings. The highest BCUT2D eigenvalue weighted by atomic mass is 16.4. The maximum absolute atomic E-state index is 12.9. The van der Waals surface area contributed by atoms with Crippen LogP contribution in [-0.4, -0.2) is 95.8 Å². The molecule has 3 amide bonds. The summed E-state index contributed by atoms with van der Waals surface area (Å²) in [5.74, 6) is -3.95. The Hall–Kier alpha value is -3.82. The van der Waals surface area contributed by atoms with E-state index in [2.05, 4.69) is 35.9 Å². The van der Waals surface area contributed by atoms with E-state index in [4.69, 9.17) is 5.73 Å². The number of hydrogen-bond acceptors (Lipinski definition) is 9. The van der Waals surface area contributed by atoms with E-state index in [0.717, 1.165) is 0 Å². The Morgan fingerprint density at radius 2 is 1.38 bits per heavy atom. The number of amides is 3. The molecule has 0 aliphatic carbocycles. The average molecular weight is 480 g/mol. The predicted octanol–water partition coefficient (Wildman–Crippen LogP) is -3.84. The van der Waals surface area contributed by atoms with Crippen molar-refractivity contribution in [3.05, 3.63) is 36.4 Å². The molecule has 0 aromatic carbocycles. The van der Waals surface area contributed by atoms with Gasteiger partial charge in [-0.25, -0.2) is 14.8 Å². The van der Waals surface area contributed by atoms with Gasteiger partial charge in [-0.2, -0.15) is 0 Å². The largest absolute Gasteiger partial charge is 0.480 e. The number of imidazole rings is 2. The molecule has 0 saturated heterocycles. The number of nitrogens with one attached hydrogen (secondary N) is 5. The molecule has 0 bridgehead atoms. The highest BCUT2D eigenvalue weighted by molar-refractivity contribution is 5.94. The number of nitrogens with zero attached hydrogens (tertiary/aromatic N) is 2. The fourth-order valence-corrected chi connectivity index (χ4v) is 2.87. The van der Waals surface area contributed by atoms with Crippen molar-refractivity contribution in [3.8, 4) is 0 Å². The molecular formula is C19H28N8O7. The van der Waals surface area contributed by atoms with Crippen molar-refractivity contribution in [1.82, 2.24) is 35.9 Å². The number of rotatable bonds is 13. The van der Waals surface area contributed by atoms with Crippen molar-refractivity contribution in [2.45, 2.75) is 50.0 Å². The van der Waals surface area contributed by atoms with E-state index in [1.807, 2.05) is 0 Å². The summed E-state index contributed by atoms with van der Waals surface area (Å²) >= 11 is 0. The molecule has 2 aromatic heterocycles. The van der Waals surface area contributed by atoms with Gasteiger partial charge < -0.3 is 47.0 Å². The number of carboxylic acids is 1. The fraction of sp³-hybridized carbons (Fsp3) is 0.474. The summed E-state index contributed by atoms with van der Waals surface area (Å²) in [6.07, 6.45) is 4.17. The zero-order valence-corrected chi connectivity index (χ0v) is 18.3. The number of aliphatic carboxylic acids is 1. The summed E-state index contributed by atoms with van der Waals surface area (Å²) in [6.45, 7) is 0.467. The zero-order valence-electron chi connectivity index (χ0n) is 18.3. The van der Waals surface area contributed by atoms with Crippen LogP contribution in [0.15, 0.2) is 25.0 Å². The van der Waals surface area contributed by atoms with Gasteiger partial charge in [0.1, 0.15) is 24.2 Å². The quantitative estimate of drug-likeness (QED) is 0.135. The maximum Gasteiger partial charge on any atom is 0.326 e. The number of aromatic amines is 2. The lowest BCUT2D eigenvalue weighted by molar-refractivity contribution is -0.142. The summed E-state index contributed by atoms with van der Waals surface area (Å²) < 4.78 is 0. The van der Waals surface area contributed by atoms with Gasteiger partial charge in [-0.15, -0.1) is 0 Å². The van der Waals surface area contributed by atoms with Crippen molar-refractivity contribution < 1.29 is 34.5 Å². The van der Waals surface area contributed by atoms with Crippen molar-refractivity contribution in [1.29, 1.82) is 0 Å². The van der Waals surface area contributed by atoms with E-state index in [0.29, 0.717) is 11.4 Å². The Kier molecular flexibility index (Phi) is 9.66. The van der Waals surface area contributed by atoms with Crippen molar-refractivity contribution in [2.75, 3.05) is 6.61 Å². The average Bonchev–Trinajstić information content (AvgIpc) is 3.49. The summed E-state index contributed by atoms with van der Waals surface area (Å²) in [7, 11) is 0. The molecule has 0 aliphatic heterocycles. The molecule has 0 aliphatic rings. The third-order valence-electron chi connectivity index (χ3n) is 4.84. The van der Waals surface area contributed by atoms with Crippen LogP contribution in [-0.2, 0) is 32.0 Å². The topological polar surface area (TPSA) is 248 Å². The number of aliphatic hydroxyl groups excluding tert-OH is 2. The van der Waals surface area contributed by atoms with Crippen LogP contribution in [0.3, 0.4) is 0 Å². The molecule has 2 rings (SSSR count). The molecule has 15 nitrogen and oxygen atoms in total. The monoisotopic (exact) mass is 480 g/mol. The number of nitrogens with two attached hydrogens (primary N) is 1. The van der Waals surface area contributed by atoms with Gasteiger partial charge in [-0.05, 0) is 6.92 Å². The van der Waals surface area contributed by atoms with E-state index < -0.39 is 60.6 Å². The number of aliphatic hydroxyl groups is 2. The first-order valence-corrected chi connectivity index (χ1v) is 10.2. The Morgan fingerprint density at radius 1 is 0.912 bits per heavy atom. The smallest absolute Gasteiger partial charge is 0.326 e. The summed E-state index contributed by atoms with van der Waals surface area (Å²) in [6, 6.07) is -5.43. The molecule has 0 saturated carbocycles. The molecule has 2 aromatic rings. The van der Waals surface area contributed by atoms with E-state index in [1.54, 1.807) is 0 Å². The summed E-state index contributed by atoms with van der Waals surface area (Å²) in [5.41, 5.74) is 6.54. The molecule has 5 atom stereocenters. The van der Waals surface area contributed by atoms with E-state index in [-0.39, 0.29) is 12.8 Å². The predicted molar refractivity (Wildman–Crippen MR) is 115 cm³/mol. The van der Waals surface area contributed by atoms with Crippen LogP contribution < -0.4 is 21.7 Å². The molecule has 0 spiro atoms. The standard InChI is InChI=1S/C19H28N8O7/c1-9(29)15(20)18(32)25-12(2-10-4-21-7-23-10)16(30)27-14(6-28)17(31)26-13(19(33)34)3-11-5-22-8-24-11/h4-5,7-9,12-15,28-29H,2-3,6,20H2,1H3,(H,21,23)(H,22,24)(H,25,32)(H,26,31)(H,27,30)(H,33,34). The molecule has 34 heavy (non-hydrogen) atoms. The van der Waals surface area contributed by atoms with E-state index in [1.165, 1.54) is 32.0 Å². The second-order valence-corrected chi connectivity index (χ2v) is 7.53. The van der Waals surface area contributed by atoms with Crippen LogP contribution in [0.4, 0.5) is 0 Å². The minimum atomic E-state index is -1.51. The molecule has 10 N–H and O–H groups in total. The number of aromatic nitrogens is 4.